The van der Waals surface area contributed by atoms with E-state index in [1.165, 1.54) is 4.57 Å². The Morgan fingerprint density at radius 2 is 1.70 bits per heavy atom. The van der Waals surface area contributed by atoms with Gasteiger partial charge in [0.05, 0.1) is 10.8 Å². The maximum atomic E-state index is 13.8. The van der Waals surface area contributed by atoms with Gasteiger partial charge in [-0.15, -0.1) is 0 Å². The number of hydrogen-bond acceptors (Lipinski definition) is 2. The largest absolute Gasteiger partial charge is 0.416 e. The van der Waals surface area contributed by atoms with Crippen LogP contribution in [0.25, 0.3) is 10.9 Å². The standard InChI is InChI=1S/C19H22F6N2O2S/c1-17(2,3)10-27-9-14(13-7-4-11(8-15(13)27)18(20,21)22)16(19(23,24)25)26-30(28,29)12-5-6-12/h4,7-9,12,16,26H,5-6,10H2,1-3H3/t16-/m0/s1. The molecule has 0 aliphatic heterocycles. The molecule has 1 N–H and O–H groups in total. The van der Waals surface area contributed by atoms with E-state index in [9.17, 15) is 34.8 Å². The van der Waals surface area contributed by atoms with Crippen LogP contribution in [0.1, 0.15) is 50.8 Å². The van der Waals surface area contributed by atoms with E-state index >= 15 is 0 Å². The van der Waals surface area contributed by atoms with Gasteiger partial charge in [0.2, 0.25) is 10.0 Å². The summed E-state index contributed by atoms with van der Waals surface area (Å²) in [6.45, 7) is 5.53. The Bertz CT molecular complexity index is 1040. The molecule has 30 heavy (non-hydrogen) atoms. The van der Waals surface area contributed by atoms with Gasteiger partial charge in [0.1, 0.15) is 6.04 Å². The molecular weight excluding hydrogens is 434 g/mol. The minimum atomic E-state index is -4.97. The summed E-state index contributed by atoms with van der Waals surface area (Å²) in [5.41, 5.74) is -1.88. The highest BCUT2D eigenvalue weighted by molar-refractivity contribution is 7.90. The van der Waals surface area contributed by atoms with Crippen LogP contribution in [0.15, 0.2) is 24.4 Å². The Morgan fingerprint density at radius 1 is 1.10 bits per heavy atom. The maximum Gasteiger partial charge on any atom is 0.416 e. The number of nitrogens with zero attached hydrogens (tertiary/aromatic N) is 1. The molecule has 0 radical (unpaired) electrons. The van der Waals surface area contributed by atoms with Crippen molar-refractivity contribution in [1.82, 2.24) is 9.29 Å². The van der Waals surface area contributed by atoms with Crippen molar-refractivity contribution in [1.29, 1.82) is 0 Å². The fraction of sp³-hybridized carbons (Fsp3) is 0.579. The molecule has 1 aromatic carbocycles. The average molecular weight is 456 g/mol. The Labute approximate surface area is 170 Å². The highest BCUT2D eigenvalue weighted by Crippen LogP contribution is 2.41. The molecule has 168 valence electrons. The molecule has 4 nitrogen and oxygen atoms in total. The summed E-state index contributed by atoms with van der Waals surface area (Å²) in [7, 11) is -4.20. The molecule has 2 aromatic rings. The third-order valence-corrected chi connectivity index (χ3v) is 6.68. The van der Waals surface area contributed by atoms with Gasteiger partial charge in [0.25, 0.3) is 0 Å². The summed E-state index contributed by atoms with van der Waals surface area (Å²) < 4.78 is 109. The Hall–Kier alpha value is -1.75. The molecule has 3 rings (SSSR count). The summed E-state index contributed by atoms with van der Waals surface area (Å²) in [6.07, 6.45) is -7.97. The van der Waals surface area contributed by atoms with Gasteiger partial charge in [-0.1, -0.05) is 26.8 Å². The van der Waals surface area contributed by atoms with Gasteiger partial charge in [-0.3, -0.25) is 0 Å². The molecule has 1 atom stereocenters. The SMILES string of the molecule is CC(C)(C)Cn1cc([C@H](NS(=O)(=O)C2CC2)C(F)(F)F)c2ccc(C(F)(F)F)cc21. The molecule has 0 saturated heterocycles. The number of sulfonamides is 1. The summed E-state index contributed by atoms with van der Waals surface area (Å²) >= 11 is 0. The van der Waals surface area contributed by atoms with Crippen molar-refractivity contribution in [3.8, 4) is 0 Å². The molecule has 1 fully saturated rings. The number of rotatable bonds is 5. The van der Waals surface area contributed by atoms with Crippen LogP contribution in [0.3, 0.4) is 0 Å². The van der Waals surface area contributed by atoms with Crippen molar-refractivity contribution in [3.05, 3.63) is 35.5 Å². The molecule has 1 heterocycles. The van der Waals surface area contributed by atoms with E-state index in [0.717, 1.165) is 18.3 Å². The first-order valence-electron chi connectivity index (χ1n) is 9.27. The third kappa shape index (κ3) is 4.93. The summed E-state index contributed by atoms with van der Waals surface area (Å²) in [6, 6.07) is -0.0797. The molecular formula is C19H22F6N2O2S. The first kappa shape index (κ1) is 22.9. The molecule has 0 spiro atoms. The summed E-state index contributed by atoms with van der Waals surface area (Å²) in [5, 5.41) is -0.949. The predicted octanol–water partition coefficient (Wildman–Crippen LogP) is 5.39. The Morgan fingerprint density at radius 3 is 2.17 bits per heavy atom. The van der Waals surface area contributed by atoms with Crippen LogP contribution in [0.5, 0.6) is 0 Å². The van der Waals surface area contributed by atoms with Crippen LogP contribution < -0.4 is 4.72 Å². The van der Waals surface area contributed by atoms with Crippen molar-refractivity contribution in [2.75, 3.05) is 0 Å². The van der Waals surface area contributed by atoms with E-state index in [2.05, 4.69) is 0 Å². The highest BCUT2D eigenvalue weighted by atomic mass is 32.2. The maximum absolute atomic E-state index is 13.8. The first-order valence-corrected chi connectivity index (χ1v) is 10.8. The van der Waals surface area contributed by atoms with Gasteiger partial charge in [0, 0.05) is 29.2 Å². The fourth-order valence-corrected chi connectivity index (χ4v) is 4.85. The number of fused-ring (bicyclic) bond motifs is 1. The Kier molecular flexibility index (Phi) is 5.46. The van der Waals surface area contributed by atoms with E-state index in [1.807, 2.05) is 0 Å². The van der Waals surface area contributed by atoms with Crippen LogP contribution in [-0.2, 0) is 22.7 Å². The lowest BCUT2D eigenvalue weighted by atomic mass is 9.97. The van der Waals surface area contributed by atoms with E-state index in [1.54, 1.807) is 25.5 Å². The van der Waals surface area contributed by atoms with Crippen molar-refractivity contribution >= 4 is 20.9 Å². The van der Waals surface area contributed by atoms with Crippen LogP contribution in [0, 0.1) is 5.41 Å². The quantitative estimate of drug-likeness (QED) is 0.614. The molecule has 0 unspecified atom stereocenters. The monoisotopic (exact) mass is 456 g/mol. The molecule has 1 aliphatic rings. The predicted molar refractivity (Wildman–Crippen MR) is 100 cm³/mol. The number of halogens is 6. The second-order valence-corrected chi connectivity index (χ2v) is 10.8. The van der Waals surface area contributed by atoms with Gasteiger partial charge in [0.15, 0.2) is 0 Å². The number of hydrogen-bond donors (Lipinski definition) is 1. The van der Waals surface area contributed by atoms with E-state index in [0.29, 0.717) is 6.07 Å². The second kappa shape index (κ2) is 7.15. The summed E-state index contributed by atoms with van der Waals surface area (Å²) in [4.78, 5) is 0. The van der Waals surface area contributed by atoms with Crippen molar-refractivity contribution in [2.45, 2.75) is 63.8 Å². The van der Waals surface area contributed by atoms with E-state index in [-0.39, 0.29) is 30.3 Å². The van der Waals surface area contributed by atoms with E-state index < -0.39 is 50.2 Å². The zero-order chi connectivity index (χ0) is 22.7. The topological polar surface area (TPSA) is 51.1 Å². The number of aromatic nitrogens is 1. The second-order valence-electron chi connectivity index (χ2n) is 8.84. The third-order valence-electron chi connectivity index (χ3n) is 4.77. The number of alkyl halides is 6. The van der Waals surface area contributed by atoms with Gasteiger partial charge in [-0.25, -0.2) is 8.42 Å². The first-order chi connectivity index (χ1) is 13.5. The molecule has 11 heteroatoms. The van der Waals surface area contributed by atoms with Crippen molar-refractivity contribution in [2.24, 2.45) is 5.41 Å². The van der Waals surface area contributed by atoms with Crippen molar-refractivity contribution < 1.29 is 34.8 Å². The van der Waals surface area contributed by atoms with Crippen LogP contribution >= 0.6 is 0 Å². The highest BCUT2D eigenvalue weighted by Gasteiger charge is 2.48. The van der Waals surface area contributed by atoms with Crippen LogP contribution in [0.2, 0.25) is 0 Å². The number of nitrogens with one attached hydrogen (secondary N) is 1. The van der Waals surface area contributed by atoms with Gasteiger partial charge < -0.3 is 4.57 Å². The average Bonchev–Trinajstić information content (AvgIpc) is 3.35. The van der Waals surface area contributed by atoms with Gasteiger partial charge >= 0.3 is 12.4 Å². The van der Waals surface area contributed by atoms with Gasteiger partial charge in [-0.05, 0) is 30.4 Å². The smallest absolute Gasteiger partial charge is 0.347 e. The molecule has 1 saturated carbocycles. The summed E-state index contributed by atoms with van der Waals surface area (Å²) in [5.74, 6) is 0. The lowest BCUT2D eigenvalue weighted by molar-refractivity contribution is -0.152. The minimum Gasteiger partial charge on any atom is -0.347 e. The molecule has 0 bridgehead atoms. The van der Waals surface area contributed by atoms with E-state index in [4.69, 9.17) is 0 Å². The normalized spacial score (nSPS) is 17.5. The zero-order valence-corrected chi connectivity index (χ0v) is 17.3. The molecule has 1 aliphatic carbocycles. The van der Waals surface area contributed by atoms with Gasteiger partial charge in [-0.2, -0.15) is 31.1 Å². The lowest BCUT2D eigenvalue weighted by Crippen LogP contribution is -2.39. The molecule has 0 amide bonds. The molecule has 1 aromatic heterocycles. The van der Waals surface area contributed by atoms with Crippen LogP contribution in [-0.4, -0.2) is 24.4 Å². The Balaban J connectivity index is 2.19. The minimum absolute atomic E-state index is 0.0328. The van der Waals surface area contributed by atoms with Crippen LogP contribution in [0.4, 0.5) is 26.3 Å². The number of benzene rings is 1. The zero-order valence-electron chi connectivity index (χ0n) is 16.5. The van der Waals surface area contributed by atoms with Crippen molar-refractivity contribution in [3.63, 3.8) is 0 Å². The lowest BCUT2D eigenvalue weighted by Gasteiger charge is -2.22. The fourth-order valence-electron chi connectivity index (χ4n) is 3.31.